The number of nitrogens with one attached hydrogen (secondary N) is 1. The number of nitrogens with zero attached hydrogens (tertiary/aromatic N) is 1. The van der Waals surface area contributed by atoms with Gasteiger partial charge in [0.1, 0.15) is 0 Å². The standard InChI is InChI=1S/C39H28N2O/c1-4-12-28(13-5-1)39-40-37-35-19-11-10-18-33(35)34-25-22-29(26-36(34)38(37)42-39)27-20-23-32(24-21-27)41(30-14-6-2-7-15-30)31-16-8-3-9-17-31/h1-26,39-40H. The van der Waals surface area contributed by atoms with Crippen molar-refractivity contribution in [3.63, 3.8) is 0 Å². The second kappa shape index (κ2) is 10.1. The van der Waals surface area contributed by atoms with Gasteiger partial charge in [0.05, 0.1) is 5.69 Å². The van der Waals surface area contributed by atoms with E-state index in [1.165, 1.54) is 16.2 Å². The van der Waals surface area contributed by atoms with E-state index in [-0.39, 0.29) is 6.23 Å². The zero-order valence-electron chi connectivity index (χ0n) is 22.9. The van der Waals surface area contributed by atoms with Crippen LogP contribution in [0.2, 0.25) is 0 Å². The van der Waals surface area contributed by atoms with Crippen molar-refractivity contribution in [3.05, 3.63) is 163 Å². The monoisotopic (exact) mass is 540 g/mol. The van der Waals surface area contributed by atoms with Gasteiger partial charge in [-0.25, -0.2) is 0 Å². The van der Waals surface area contributed by atoms with E-state index in [0.29, 0.717) is 0 Å². The lowest BCUT2D eigenvalue weighted by molar-refractivity contribution is 0.262. The third kappa shape index (κ3) is 4.15. The average Bonchev–Trinajstić information content (AvgIpc) is 3.53. The Morgan fingerprint density at radius 2 is 0.976 bits per heavy atom. The molecule has 8 rings (SSSR count). The third-order valence-corrected chi connectivity index (χ3v) is 8.08. The molecule has 1 unspecified atom stereocenters. The molecule has 0 bridgehead atoms. The van der Waals surface area contributed by atoms with Crippen molar-refractivity contribution in [2.75, 3.05) is 10.2 Å². The van der Waals surface area contributed by atoms with Crippen molar-refractivity contribution in [3.8, 4) is 16.9 Å². The smallest absolute Gasteiger partial charge is 0.196 e. The van der Waals surface area contributed by atoms with E-state index in [9.17, 15) is 0 Å². The minimum absolute atomic E-state index is 0.222. The van der Waals surface area contributed by atoms with Crippen LogP contribution >= 0.6 is 0 Å². The molecule has 1 N–H and O–H groups in total. The Kier molecular flexibility index (Phi) is 5.86. The van der Waals surface area contributed by atoms with E-state index >= 15 is 0 Å². The molecule has 0 saturated heterocycles. The Balaban J connectivity index is 1.22. The van der Waals surface area contributed by atoms with Gasteiger partial charge in [-0.15, -0.1) is 0 Å². The first-order valence-corrected chi connectivity index (χ1v) is 14.3. The number of benzene rings is 7. The van der Waals surface area contributed by atoms with Crippen molar-refractivity contribution in [1.29, 1.82) is 0 Å². The van der Waals surface area contributed by atoms with Crippen LogP contribution < -0.4 is 15.0 Å². The normalized spacial score (nSPS) is 13.9. The molecule has 42 heavy (non-hydrogen) atoms. The van der Waals surface area contributed by atoms with Gasteiger partial charge < -0.3 is 15.0 Å². The molecule has 0 radical (unpaired) electrons. The number of hydrogen-bond acceptors (Lipinski definition) is 3. The highest BCUT2D eigenvalue weighted by molar-refractivity contribution is 6.18. The zero-order valence-corrected chi connectivity index (χ0v) is 22.9. The van der Waals surface area contributed by atoms with Crippen LogP contribution in [0.5, 0.6) is 5.75 Å². The maximum absolute atomic E-state index is 6.64. The van der Waals surface area contributed by atoms with Gasteiger partial charge in [0, 0.05) is 33.4 Å². The number of para-hydroxylation sites is 2. The van der Waals surface area contributed by atoms with Crippen LogP contribution in [-0.2, 0) is 0 Å². The second-order valence-electron chi connectivity index (χ2n) is 10.6. The molecule has 7 aromatic rings. The minimum atomic E-state index is -0.222. The molecule has 1 aliphatic heterocycles. The number of anilines is 4. The van der Waals surface area contributed by atoms with Crippen LogP contribution in [0.4, 0.5) is 22.7 Å². The van der Waals surface area contributed by atoms with Gasteiger partial charge in [0.15, 0.2) is 12.0 Å². The summed E-state index contributed by atoms with van der Waals surface area (Å²) in [6, 6.07) is 55.5. The second-order valence-corrected chi connectivity index (χ2v) is 10.6. The largest absolute Gasteiger partial charge is 0.464 e. The van der Waals surface area contributed by atoms with Crippen LogP contribution in [-0.4, -0.2) is 0 Å². The van der Waals surface area contributed by atoms with Gasteiger partial charge in [0.2, 0.25) is 0 Å². The van der Waals surface area contributed by atoms with E-state index in [1.54, 1.807) is 0 Å². The van der Waals surface area contributed by atoms with Gasteiger partial charge in [-0.3, -0.25) is 0 Å². The minimum Gasteiger partial charge on any atom is -0.464 e. The van der Waals surface area contributed by atoms with Crippen LogP contribution in [0.3, 0.4) is 0 Å². The van der Waals surface area contributed by atoms with E-state index in [0.717, 1.165) is 50.6 Å². The maximum atomic E-state index is 6.64. The summed E-state index contributed by atoms with van der Waals surface area (Å²) >= 11 is 0. The number of ether oxygens (including phenoxy) is 1. The first kappa shape index (κ1) is 24.3. The molecule has 200 valence electrons. The molecule has 3 heteroatoms. The SMILES string of the molecule is c1ccc(C2Nc3c(c4cc(-c5ccc(N(c6ccccc6)c6ccccc6)cc5)ccc4c4ccccc34)O2)cc1. The summed E-state index contributed by atoms with van der Waals surface area (Å²) in [5, 5.41) is 8.38. The van der Waals surface area contributed by atoms with E-state index in [4.69, 9.17) is 4.74 Å². The molecular weight excluding hydrogens is 512 g/mol. The van der Waals surface area contributed by atoms with Crippen molar-refractivity contribution in [1.82, 2.24) is 0 Å². The van der Waals surface area contributed by atoms with Crippen molar-refractivity contribution >= 4 is 44.3 Å². The predicted molar refractivity (Wildman–Crippen MR) is 175 cm³/mol. The quantitative estimate of drug-likeness (QED) is 0.220. The Labute approximate surface area is 245 Å². The molecule has 1 heterocycles. The fourth-order valence-electron chi connectivity index (χ4n) is 6.07. The molecule has 3 nitrogen and oxygen atoms in total. The number of hydrogen-bond donors (Lipinski definition) is 1. The summed E-state index contributed by atoms with van der Waals surface area (Å²) in [6.07, 6.45) is -0.222. The fraction of sp³-hybridized carbons (Fsp3) is 0.0256. The maximum Gasteiger partial charge on any atom is 0.196 e. The lowest BCUT2D eigenvalue weighted by atomic mass is 9.95. The van der Waals surface area contributed by atoms with E-state index in [1.807, 2.05) is 6.07 Å². The van der Waals surface area contributed by atoms with E-state index < -0.39 is 0 Å². The van der Waals surface area contributed by atoms with E-state index in [2.05, 4.69) is 162 Å². The lowest BCUT2D eigenvalue weighted by Crippen LogP contribution is -2.09. The Morgan fingerprint density at radius 3 is 1.64 bits per heavy atom. The van der Waals surface area contributed by atoms with Crippen LogP contribution in [0.1, 0.15) is 11.8 Å². The lowest BCUT2D eigenvalue weighted by Gasteiger charge is -2.25. The molecule has 0 saturated carbocycles. The molecule has 1 atom stereocenters. The summed E-state index contributed by atoms with van der Waals surface area (Å²) in [4.78, 5) is 2.28. The summed E-state index contributed by atoms with van der Waals surface area (Å²) in [6.45, 7) is 0. The third-order valence-electron chi connectivity index (χ3n) is 8.08. The predicted octanol–water partition coefficient (Wildman–Crippen LogP) is 10.6. The first-order valence-electron chi connectivity index (χ1n) is 14.3. The molecule has 7 aromatic carbocycles. The van der Waals surface area contributed by atoms with Gasteiger partial charge in [0.25, 0.3) is 0 Å². The van der Waals surface area contributed by atoms with Crippen molar-refractivity contribution in [2.45, 2.75) is 6.23 Å². The van der Waals surface area contributed by atoms with Crippen molar-refractivity contribution in [2.24, 2.45) is 0 Å². The number of fused-ring (bicyclic) bond motifs is 6. The van der Waals surface area contributed by atoms with Crippen LogP contribution in [0.25, 0.3) is 32.7 Å². The highest BCUT2D eigenvalue weighted by atomic mass is 16.5. The topological polar surface area (TPSA) is 24.5 Å². The molecule has 0 aromatic heterocycles. The number of rotatable bonds is 5. The summed E-state index contributed by atoms with van der Waals surface area (Å²) in [7, 11) is 0. The zero-order chi connectivity index (χ0) is 27.9. The molecule has 0 fully saturated rings. The first-order chi connectivity index (χ1) is 20.8. The molecular formula is C39H28N2O. The molecule has 0 aliphatic carbocycles. The van der Waals surface area contributed by atoms with Gasteiger partial charge in [-0.1, -0.05) is 115 Å². The Bertz CT molecular complexity index is 1980. The average molecular weight is 541 g/mol. The molecule has 1 aliphatic rings. The van der Waals surface area contributed by atoms with Crippen molar-refractivity contribution < 1.29 is 4.74 Å². The Hall–Kier alpha value is -5.54. The van der Waals surface area contributed by atoms with Gasteiger partial charge in [-0.2, -0.15) is 0 Å². The summed E-state index contributed by atoms with van der Waals surface area (Å²) < 4.78 is 6.64. The Morgan fingerprint density at radius 1 is 0.452 bits per heavy atom. The summed E-state index contributed by atoms with van der Waals surface area (Å²) in [5.74, 6) is 0.912. The van der Waals surface area contributed by atoms with Crippen LogP contribution in [0, 0.1) is 0 Å². The molecule has 0 amide bonds. The highest BCUT2D eigenvalue weighted by Gasteiger charge is 2.28. The van der Waals surface area contributed by atoms with Gasteiger partial charge in [-0.05, 0) is 64.4 Å². The highest BCUT2D eigenvalue weighted by Crippen LogP contribution is 2.49. The summed E-state index contributed by atoms with van der Waals surface area (Å²) in [5.41, 5.74) is 7.85. The fourth-order valence-corrected chi connectivity index (χ4v) is 6.07. The van der Waals surface area contributed by atoms with Crippen LogP contribution in [0.15, 0.2) is 158 Å². The van der Waals surface area contributed by atoms with Gasteiger partial charge >= 0.3 is 0 Å². The molecule has 0 spiro atoms.